The molecule has 2 heterocycles. The molecule has 0 fully saturated rings. The van der Waals surface area contributed by atoms with Crippen molar-refractivity contribution in [1.29, 1.82) is 0 Å². The first kappa shape index (κ1) is 20.0. The largest absolute Gasteiger partial charge is 0.321 e. The molecule has 1 aromatic carbocycles. The Balaban J connectivity index is 1.92. The van der Waals surface area contributed by atoms with E-state index in [-0.39, 0.29) is 10.6 Å². The summed E-state index contributed by atoms with van der Waals surface area (Å²) in [6, 6.07) is 10.5. The maximum absolute atomic E-state index is 12.9. The maximum atomic E-state index is 12.9. The van der Waals surface area contributed by atoms with Crippen molar-refractivity contribution < 1.29 is 13.2 Å². The molecule has 3 rings (SSSR count). The van der Waals surface area contributed by atoms with Crippen LogP contribution >= 0.6 is 0 Å². The number of hydrogen-bond donors (Lipinski definition) is 1. The molecule has 0 atom stereocenters. The summed E-state index contributed by atoms with van der Waals surface area (Å²) >= 11 is 0. The number of fused-ring (bicyclic) bond motifs is 1. The highest BCUT2D eigenvalue weighted by Gasteiger charge is 2.24. The zero-order chi connectivity index (χ0) is 20.5. The van der Waals surface area contributed by atoms with E-state index in [1.165, 1.54) is 10.4 Å². The topological polar surface area (TPSA) is 83.8 Å². The first-order valence-corrected chi connectivity index (χ1v) is 10.6. The molecule has 1 N–H and O–H groups in total. The Bertz CT molecular complexity index is 1130. The lowest BCUT2D eigenvalue weighted by Gasteiger charge is -2.20. The second-order valence-corrected chi connectivity index (χ2v) is 8.45. The number of carbonyl (C=O) groups excluding carboxylic acids is 1. The van der Waals surface area contributed by atoms with Gasteiger partial charge in [0.2, 0.25) is 10.0 Å². The number of nitrogens with one attached hydrogen (secondary N) is 1. The van der Waals surface area contributed by atoms with E-state index in [2.05, 4.69) is 10.3 Å². The third kappa shape index (κ3) is 3.65. The predicted octanol–water partition coefficient (Wildman–Crippen LogP) is 3.23. The third-order valence-corrected chi connectivity index (χ3v) is 6.89. The fourth-order valence-corrected chi connectivity index (χ4v) is 4.82. The van der Waals surface area contributed by atoms with Crippen LogP contribution in [-0.4, -0.2) is 41.1 Å². The van der Waals surface area contributed by atoms with E-state index in [0.29, 0.717) is 30.0 Å². The van der Waals surface area contributed by atoms with Crippen molar-refractivity contribution in [1.82, 2.24) is 13.7 Å². The number of imidazole rings is 1. The van der Waals surface area contributed by atoms with Crippen molar-refractivity contribution in [3.8, 4) is 0 Å². The van der Waals surface area contributed by atoms with E-state index in [1.54, 1.807) is 39.1 Å². The molecule has 0 bridgehead atoms. The normalized spacial score (nSPS) is 11.9. The highest BCUT2D eigenvalue weighted by Crippen LogP contribution is 2.24. The third-order valence-electron chi connectivity index (χ3n) is 4.70. The average molecular weight is 401 g/mol. The highest BCUT2D eigenvalue weighted by atomic mass is 32.2. The molecule has 8 heteroatoms. The zero-order valence-corrected chi connectivity index (χ0v) is 17.2. The molecule has 0 saturated heterocycles. The van der Waals surface area contributed by atoms with Gasteiger partial charge in [-0.05, 0) is 43.7 Å². The Morgan fingerprint density at radius 1 is 1.14 bits per heavy atom. The van der Waals surface area contributed by atoms with Crippen LogP contribution < -0.4 is 5.32 Å². The standard InChI is InChI=1S/C20H24N4O3S/c1-5-23(6-2)28(26,27)18-12-16(11-10-14(18)3)21-20(25)17-13-24-15(4)8-7-9-19(24)22-17/h7-13H,5-6H2,1-4H3,(H,21,25). The Hall–Kier alpha value is -2.71. The molecule has 0 saturated carbocycles. The summed E-state index contributed by atoms with van der Waals surface area (Å²) in [4.78, 5) is 17.2. The summed E-state index contributed by atoms with van der Waals surface area (Å²) in [5.74, 6) is -0.391. The van der Waals surface area contributed by atoms with Gasteiger partial charge in [0.25, 0.3) is 5.91 Å². The number of amides is 1. The van der Waals surface area contributed by atoms with Crippen molar-refractivity contribution in [2.45, 2.75) is 32.6 Å². The van der Waals surface area contributed by atoms with Gasteiger partial charge in [0.1, 0.15) is 11.3 Å². The van der Waals surface area contributed by atoms with Crippen molar-refractivity contribution >= 4 is 27.3 Å². The quantitative estimate of drug-likeness (QED) is 0.688. The number of benzene rings is 1. The Kier molecular flexibility index (Phi) is 5.53. The Labute approximate surface area is 165 Å². The summed E-state index contributed by atoms with van der Waals surface area (Å²) < 4.78 is 29.0. The van der Waals surface area contributed by atoms with Crippen LogP contribution in [0.15, 0.2) is 47.5 Å². The molecule has 0 aliphatic carbocycles. The van der Waals surface area contributed by atoms with E-state index in [4.69, 9.17) is 0 Å². The van der Waals surface area contributed by atoms with Gasteiger partial charge < -0.3 is 9.72 Å². The molecule has 3 aromatic rings. The number of rotatable bonds is 6. The molecular weight excluding hydrogens is 376 g/mol. The monoisotopic (exact) mass is 400 g/mol. The summed E-state index contributed by atoms with van der Waals surface area (Å²) in [5.41, 5.74) is 2.96. The van der Waals surface area contributed by atoms with Crippen LogP contribution in [0, 0.1) is 13.8 Å². The fraction of sp³-hybridized carbons (Fsp3) is 0.300. The maximum Gasteiger partial charge on any atom is 0.275 e. The molecule has 1 amide bonds. The molecular formula is C20H24N4O3S. The predicted molar refractivity (Wildman–Crippen MR) is 109 cm³/mol. The minimum absolute atomic E-state index is 0.194. The average Bonchev–Trinajstić information content (AvgIpc) is 3.10. The molecule has 7 nitrogen and oxygen atoms in total. The first-order chi connectivity index (χ1) is 13.3. The lowest BCUT2D eigenvalue weighted by Crippen LogP contribution is -2.31. The number of carbonyl (C=O) groups is 1. The van der Waals surface area contributed by atoms with Gasteiger partial charge in [-0.2, -0.15) is 4.31 Å². The number of anilines is 1. The minimum Gasteiger partial charge on any atom is -0.321 e. The minimum atomic E-state index is -3.62. The number of nitrogens with zero attached hydrogens (tertiary/aromatic N) is 3. The van der Waals surface area contributed by atoms with Gasteiger partial charge in [0, 0.05) is 30.7 Å². The van der Waals surface area contributed by atoms with Crippen molar-refractivity contribution in [2.75, 3.05) is 18.4 Å². The molecule has 2 aromatic heterocycles. The second kappa shape index (κ2) is 7.73. The van der Waals surface area contributed by atoms with Gasteiger partial charge >= 0.3 is 0 Å². The molecule has 0 aliphatic heterocycles. The number of sulfonamides is 1. The number of hydrogen-bond acceptors (Lipinski definition) is 4. The lowest BCUT2D eigenvalue weighted by atomic mass is 10.2. The van der Waals surface area contributed by atoms with Crippen LogP contribution in [0.5, 0.6) is 0 Å². The molecule has 0 radical (unpaired) electrons. The molecule has 0 aliphatic rings. The van der Waals surface area contributed by atoms with Gasteiger partial charge in [0.05, 0.1) is 4.90 Å². The molecule has 0 spiro atoms. The molecule has 0 unspecified atom stereocenters. The van der Waals surface area contributed by atoms with Crippen molar-refractivity contribution in [3.63, 3.8) is 0 Å². The number of aromatic nitrogens is 2. The summed E-state index contributed by atoms with van der Waals surface area (Å²) in [6.07, 6.45) is 1.67. The lowest BCUT2D eigenvalue weighted by molar-refractivity contribution is 0.102. The van der Waals surface area contributed by atoms with E-state index >= 15 is 0 Å². The van der Waals surface area contributed by atoms with E-state index in [0.717, 1.165) is 5.69 Å². The molecule has 28 heavy (non-hydrogen) atoms. The zero-order valence-electron chi connectivity index (χ0n) is 16.4. The van der Waals surface area contributed by atoms with Crippen LogP contribution in [-0.2, 0) is 10.0 Å². The van der Waals surface area contributed by atoms with Crippen LogP contribution in [0.1, 0.15) is 35.6 Å². The first-order valence-electron chi connectivity index (χ1n) is 9.14. The van der Waals surface area contributed by atoms with Crippen LogP contribution in [0.25, 0.3) is 5.65 Å². The van der Waals surface area contributed by atoms with Crippen molar-refractivity contribution in [2.24, 2.45) is 0 Å². The van der Waals surface area contributed by atoms with Gasteiger partial charge in [0.15, 0.2) is 0 Å². The van der Waals surface area contributed by atoms with Crippen LogP contribution in [0.3, 0.4) is 0 Å². The van der Waals surface area contributed by atoms with Crippen LogP contribution in [0.4, 0.5) is 5.69 Å². The number of pyridine rings is 1. The summed E-state index contributed by atoms with van der Waals surface area (Å²) in [7, 11) is -3.62. The van der Waals surface area contributed by atoms with Gasteiger partial charge in [-0.25, -0.2) is 13.4 Å². The summed E-state index contributed by atoms with van der Waals surface area (Å²) in [6.45, 7) is 8.04. The van der Waals surface area contributed by atoms with E-state index in [1.807, 2.05) is 29.5 Å². The smallest absolute Gasteiger partial charge is 0.275 e. The number of aryl methyl sites for hydroxylation is 2. The van der Waals surface area contributed by atoms with Crippen LogP contribution in [0.2, 0.25) is 0 Å². The van der Waals surface area contributed by atoms with Gasteiger partial charge in [-0.15, -0.1) is 0 Å². The van der Waals surface area contributed by atoms with Gasteiger partial charge in [-0.1, -0.05) is 26.0 Å². The second-order valence-electron chi connectivity index (χ2n) is 6.55. The Morgan fingerprint density at radius 3 is 2.50 bits per heavy atom. The SMILES string of the molecule is CCN(CC)S(=O)(=O)c1cc(NC(=O)c2cn3c(C)cccc3n2)ccc1C. The van der Waals surface area contributed by atoms with E-state index < -0.39 is 15.9 Å². The fourth-order valence-electron chi connectivity index (χ4n) is 3.11. The highest BCUT2D eigenvalue weighted by molar-refractivity contribution is 7.89. The van der Waals surface area contributed by atoms with E-state index in [9.17, 15) is 13.2 Å². The molecule has 148 valence electrons. The Morgan fingerprint density at radius 2 is 1.86 bits per heavy atom. The summed E-state index contributed by atoms with van der Waals surface area (Å²) in [5, 5.41) is 2.76. The van der Waals surface area contributed by atoms with Gasteiger partial charge in [-0.3, -0.25) is 4.79 Å². The van der Waals surface area contributed by atoms with Crippen molar-refractivity contribution in [3.05, 3.63) is 59.5 Å².